The van der Waals surface area contributed by atoms with E-state index in [1.165, 1.54) is 5.56 Å². The number of piperidine rings is 1. The van der Waals surface area contributed by atoms with Crippen LogP contribution in [0.5, 0.6) is 0 Å². The van der Waals surface area contributed by atoms with E-state index in [0.29, 0.717) is 18.7 Å². The van der Waals surface area contributed by atoms with Gasteiger partial charge in [-0.1, -0.05) is 12.1 Å². The smallest absolute Gasteiger partial charge is 0.410 e. The fourth-order valence-electron chi connectivity index (χ4n) is 2.78. The summed E-state index contributed by atoms with van der Waals surface area (Å²) >= 11 is 1.75. The number of nitrogens with one attached hydrogen (secondary N) is 1. The first kappa shape index (κ1) is 19.6. The van der Waals surface area contributed by atoms with Crippen LogP contribution in [-0.4, -0.2) is 47.9 Å². The molecular formula is C19H28N2O3S. The van der Waals surface area contributed by atoms with Gasteiger partial charge in [0.05, 0.1) is 0 Å². The quantitative estimate of drug-likeness (QED) is 0.885. The number of carbonyl (C=O) groups excluding carboxylic acids is 2. The highest BCUT2D eigenvalue weighted by atomic mass is 32.2. The first-order valence-corrected chi connectivity index (χ1v) is 10.0. The van der Waals surface area contributed by atoms with Crippen LogP contribution in [0.25, 0.3) is 0 Å². The SMILES string of the molecule is CSCc1ccc(C(=O)N[C@@H]2CCCN(C(=O)OC(C)(C)C)C2)cc1. The second-order valence-corrected chi connectivity index (χ2v) is 8.23. The predicted octanol–water partition coefficient (Wildman–Crippen LogP) is 3.68. The summed E-state index contributed by atoms with van der Waals surface area (Å²) in [5.74, 6) is 0.849. The molecule has 0 unspecified atom stereocenters. The van der Waals surface area contributed by atoms with Crippen molar-refractivity contribution in [3.8, 4) is 0 Å². The molecule has 0 aromatic heterocycles. The predicted molar refractivity (Wildman–Crippen MR) is 102 cm³/mol. The Morgan fingerprint density at radius 2 is 1.96 bits per heavy atom. The second-order valence-electron chi connectivity index (χ2n) is 7.37. The Labute approximate surface area is 154 Å². The lowest BCUT2D eigenvalue weighted by Crippen LogP contribution is -2.50. The van der Waals surface area contributed by atoms with E-state index in [1.807, 2.05) is 45.0 Å². The number of rotatable bonds is 4. The van der Waals surface area contributed by atoms with Gasteiger partial charge in [-0.2, -0.15) is 11.8 Å². The monoisotopic (exact) mass is 364 g/mol. The zero-order chi connectivity index (χ0) is 18.4. The van der Waals surface area contributed by atoms with E-state index in [9.17, 15) is 9.59 Å². The Kier molecular flexibility index (Phi) is 6.76. The molecule has 2 amide bonds. The van der Waals surface area contributed by atoms with E-state index in [2.05, 4.69) is 11.6 Å². The van der Waals surface area contributed by atoms with Crippen molar-refractivity contribution in [3.63, 3.8) is 0 Å². The number of amides is 2. The maximum absolute atomic E-state index is 12.4. The first-order valence-electron chi connectivity index (χ1n) is 8.65. The minimum atomic E-state index is -0.508. The molecule has 2 rings (SSSR count). The number of likely N-dealkylation sites (tertiary alicyclic amines) is 1. The molecule has 6 heteroatoms. The minimum Gasteiger partial charge on any atom is -0.444 e. The number of hydrogen-bond donors (Lipinski definition) is 1. The van der Waals surface area contributed by atoms with Crippen LogP contribution in [0.4, 0.5) is 4.79 Å². The van der Waals surface area contributed by atoms with E-state index in [4.69, 9.17) is 4.74 Å². The molecule has 0 spiro atoms. The molecule has 0 radical (unpaired) electrons. The summed E-state index contributed by atoms with van der Waals surface area (Å²) in [6.07, 6.45) is 3.47. The summed E-state index contributed by atoms with van der Waals surface area (Å²) in [6.45, 7) is 6.73. The third-order valence-electron chi connectivity index (χ3n) is 3.94. The molecule has 1 atom stereocenters. The summed E-state index contributed by atoms with van der Waals surface area (Å²) in [4.78, 5) is 26.3. The second kappa shape index (κ2) is 8.61. The molecule has 5 nitrogen and oxygen atoms in total. The molecule has 1 heterocycles. The van der Waals surface area contributed by atoms with Crippen molar-refractivity contribution in [2.75, 3.05) is 19.3 Å². The Balaban J connectivity index is 1.91. The van der Waals surface area contributed by atoms with Gasteiger partial charge in [0.2, 0.25) is 0 Å². The number of carbonyl (C=O) groups is 2. The zero-order valence-corrected chi connectivity index (χ0v) is 16.3. The van der Waals surface area contributed by atoms with Crippen LogP contribution in [0.1, 0.15) is 49.5 Å². The van der Waals surface area contributed by atoms with Gasteiger partial charge in [0.15, 0.2) is 0 Å². The summed E-state index contributed by atoms with van der Waals surface area (Å²) in [5.41, 5.74) is 1.35. The third kappa shape index (κ3) is 6.27. The lowest BCUT2D eigenvalue weighted by molar-refractivity contribution is 0.0185. The largest absolute Gasteiger partial charge is 0.444 e. The van der Waals surface area contributed by atoms with Crippen molar-refractivity contribution >= 4 is 23.8 Å². The van der Waals surface area contributed by atoms with Crippen molar-refractivity contribution in [3.05, 3.63) is 35.4 Å². The van der Waals surface area contributed by atoms with E-state index >= 15 is 0 Å². The van der Waals surface area contributed by atoms with Crippen molar-refractivity contribution in [1.29, 1.82) is 0 Å². The molecule has 1 N–H and O–H groups in total. The average molecular weight is 365 g/mol. The fraction of sp³-hybridized carbons (Fsp3) is 0.579. The highest BCUT2D eigenvalue weighted by Crippen LogP contribution is 2.16. The zero-order valence-electron chi connectivity index (χ0n) is 15.5. The van der Waals surface area contributed by atoms with Crippen molar-refractivity contribution in [1.82, 2.24) is 10.2 Å². The lowest BCUT2D eigenvalue weighted by Gasteiger charge is -2.34. The minimum absolute atomic E-state index is 0.0420. The fourth-order valence-corrected chi connectivity index (χ4v) is 3.30. The number of ether oxygens (including phenoxy) is 1. The van der Waals surface area contributed by atoms with Crippen LogP contribution >= 0.6 is 11.8 Å². The van der Waals surface area contributed by atoms with Crippen molar-refractivity contribution in [2.45, 2.75) is 51.0 Å². The van der Waals surface area contributed by atoms with Gasteiger partial charge in [0, 0.05) is 30.4 Å². The van der Waals surface area contributed by atoms with Gasteiger partial charge in [0.25, 0.3) is 5.91 Å². The topological polar surface area (TPSA) is 58.6 Å². The first-order chi connectivity index (χ1) is 11.8. The number of hydrogen-bond acceptors (Lipinski definition) is 4. The van der Waals surface area contributed by atoms with Crippen LogP contribution in [0.15, 0.2) is 24.3 Å². The molecule has 1 aromatic rings. The standard InChI is InChI=1S/C19H28N2O3S/c1-19(2,3)24-18(23)21-11-5-6-16(12-21)20-17(22)15-9-7-14(8-10-15)13-25-4/h7-10,16H,5-6,11-13H2,1-4H3,(H,20,22)/t16-/m1/s1. The molecule has 1 aliphatic heterocycles. The highest BCUT2D eigenvalue weighted by Gasteiger charge is 2.28. The Morgan fingerprint density at radius 1 is 1.28 bits per heavy atom. The number of benzene rings is 1. The van der Waals surface area contributed by atoms with Gasteiger partial charge in [-0.05, 0) is 57.6 Å². The third-order valence-corrected chi connectivity index (χ3v) is 4.56. The summed E-state index contributed by atoms with van der Waals surface area (Å²) in [7, 11) is 0. The Bertz CT molecular complexity index is 596. The van der Waals surface area contributed by atoms with Crippen LogP contribution < -0.4 is 5.32 Å². The molecule has 0 saturated carbocycles. The summed E-state index contributed by atoms with van der Waals surface area (Å²) in [6, 6.07) is 7.64. The summed E-state index contributed by atoms with van der Waals surface area (Å²) < 4.78 is 5.42. The number of nitrogens with zero attached hydrogens (tertiary/aromatic N) is 1. The molecule has 1 saturated heterocycles. The van der Waals surface area contributed by atoms with E-state index < -0.39 is 5.60 Å². The normalized spacial score (nSPS) is 17.9. The highest BCUT2D eigenvalue weighted by molar-refractivity contribution is 7.97. The summed E-state index contributed by atoms with van der Waals surface area (Å²) in [5, 5.41) is 3.04. The van der Waals surface area contributed by atoms with E-state index in [1.54, 1.807) is 16.7 Å². The molecule has 138 valence electrons. The van der Waals surface area contributed by atoms with E-state index in [-0.39, 0.29) is 18.0 Å². The van der Waals surface area contributed by atoms with E-state index in [0.717, 1.165) is 18.6 Å². The van der Waals surface area contributed by atoms with Crippen LogP contribution in [0, 0.1) is 0 Å². The number of thioether (sulfide) groups is 1. The molecule has 1 aromatic carbocycles. The maximum atomic E-state index is 12.4. The molecule has 1 fully saturated rings. The van der Waals surface area contributed by atoms with Crippen LogP contribution in [0.2, 0.25) is 0 Å². The lowest BCUT2D eigenvalue weighted by atomic mass is 10.1. The molecule has 0 aliphatic carbocycles. The molecule has 1 aliphatic rings. The van der Waals surface area contributed by atoms with Crippen molar-refractivity contribution in [2.24, 2.45) is 0 Å². The Hall–Kier alpha value is -1.69. The van der Waals surface area contributed by atoms with Gasteiger partial charge < -0.3 is 15.0 Å². The average Bonchev–Trinajstić information content (AvgIpc) is 2.54. The van der Waals surface area contributed by atoms with Gasteiger partial charge in [-0.25, -0.2) is 4.79 Å². The van der Waals surface area contributed by atoms with Gasteiger partial charge >= 0.3 is 6.09 Å². The van der Waals surface area contributed by atoms with Crippen LogP contribution in [-0.2, 0) is 10.5 Å². The molecule has 0 bridgehead atoms. The van der Waals surface area contributed by atoms with Gasteiger partial charge in [-0.15, -0.1) is 0 Å². The Morgan fingerprint density at radius 3 is 2.56 bits per heavy atom. The van der Waals surface area contributed by atoms with Crippen molar-refractivity contribution < 1.29 is 14.3 Å². The maximum Gasteiger partial charge on any atom is 0.410 e. The molecular weight excluding hydrogens is 336 g/mol. The molecule has 25 heavy (non-hydrogen) atoms. The van der Waals surface area contributed by atoms with Gasteiger partial charge in [0.1, 0.15) is 5.60 Å². The van der Waals surface area contributed by atoms with Crippen LogP contribution in [0.3, 0.4) is 0 Å². The van der Waals surface area contributed by atoms with Gasteiger partial charge in [-0.3, -0.25) is 4.79 Å².